The standard InChI is InChI=1S/C16H16F3N3O3/c17-16(18,19)15(20-12(23)11-6-7-11)13(24)22(14(25)21-15)9-8-10-4-2-1-3-5-10/h1-5,11H,6-9H2,(H,20,23)(H,21,25)/t15-/m1/s1. The number of carbonyl (C=O) groups is 3. The van der Waals surface area contributed by atoms with Crippen LogP contribution < -0.4 is 10.6 Å². The highest BCUT2D eigenvalue weighted by molar-refractivity contribution is 6.09. The quantitative estimate of drug-likeness (QED) is 0.787. The number of halogens is 3. The zero-order valence-corrected chi connectivity index (χ0v) is 13.1. The lowest BCUT2D eigenvalue weighted by Crippen LogP contribution is -2.69. The van der Waals surface area contributed by atoms with Crippen LogP contribution in [0.3, 0.4) is 0 Å². The smallest absolute Gasteiger partial charge is 0.318 e. The van der Waals surface area contributed by atoms with Gasteiger partial charge in [-0.1, -0.05) is 30.3 Å². The van der Waals surface area contributed by atoms with E-state index >= 15 is 0 Å². The number of urea groups is 1. The van der Waals surface area contributed by atoms with Gasteiger partial charge >= 0.3 is 12.2 Å². The Labute approximate surface area is 141 Å². The third-order valence-corrected chi connectivity index (χ3v) is 4.26. The number of rotatable bonds is 5. The summed E-state index contributed by atoms with van der Waals surface area (Å²) in [5.74, 6) is -2.92. The molecule has 1 saturated carbocycles. The Morgan fingerprint density at radius 3 is 2.44 bits per heavy atom. The molecule has 1 aliphatic carbocycles. The lowest BCUT2D eigenvalue weighted by molar-refractivity contribution is -0.204. The summed E-state index contributed by atoms with van der Waals surface area (Å²) in [6.45, 7) is -0.216. The molecule has 0 unspecified atom stereocenters. The number of hydrogen-bond donors (Lipinski definition) is 2. The molecule has 0 spiro atoms. The Hall–Kier alpha value is -2.58. The topological polar surface area (TPSA) is 78.5 Å². The van der Waals surface area contributed by atoms with E-state index in [0.29, 0.717) is 17.7 Å². The molecule has 2 aliphatic rings. The number of benzene rings is 1. The zero-order valence-electron chi connectivity index (χ0n) is 13.1. The van der Waals surface area contributed by atoms with Gasteiger partial charge in [0.2, 0.25) is 5.91 Å². The van der Waals surface area contributed by atoms with Crippen LogP contribution in [-0.2, 0) is 16.0 Å². The van der Waals surface area contributed by atoms with E-state index in [2.05, 4.69) is 0 Å². The SMILES string of the molecule is O=C(N[C@@]1(C(F)(F)F)NC(=O)N(CCc2ccccc2)C1=O)C1CC1. The molecule has 2 N–H and O–H groups in total. The predicted molar refractivity (Wildman–Crippen MR) is 80.0 cm³/mol. The maximum Gasteiger partial charge on any atom is 0.440 e. The Bertz CT molecular complexity index is 704. The number of hydrogen-bond acceptors (Lipinski definition) is 3. The molecule has 0 radical (unpaired) electrons. The number of nitrogens with zero attached hydrogens (tertiary/aromatic N) is 1. The molecular formula is C16H16F3N3O3. The molecule has 1 heterocycles. The highest BCUT2D eigenvalue weighted by Crippen LogP contribution is 2.36. The molecule has 1 atom stereocenters. The van der Waals surface area contributed by atoms with E-state index in [1.807, 2.05) is 0 Å². The van der Waals surface area contributed by atoms with Crippen molar-refractivity contribution in [1.82, 2.24) is 15.5 Å². The molecule has 4 amide bonds. The molecule has 3 rings (SSSR count). The van der Waals surface area contributed by atoms with Crippen molar-refractivity contribution in [3.8, 4) is 0 Å². The van der Waals surface area contributed by atoms with E-state index < -0.39 is 35.6 Å². The van der Waals surface area contributed by atoms with Crippen LogP contribution in [0.15, 0.2) is 30.3 Å². The van der Waals surface area contributed by atoms with Gasteiger partial charge in [0.05, 0.1) is 0 Å². The van der Waals surface area contributed by atoms with Crippen molar-refractivity contribution in [3.05, 3.63) is 35.9 Å². The largest absolute Gasteiger partial charge is 0.440 e. The van der Waals surface area contributed by atoms with Crippen LogP contribution in [0, 0.1) is 5.92 Å². The number of amides is 4. The summed E-state index contributed by atoms with van der Waals surface area (Å²) in [6.07, 6.45) is -3.99. The van der Waals surface area contributed by atoms with Crippen LogP contribution in [0.1, 0.15) is 18.4 Å². The van der Waals surface area contributed by atoms with E-state index in [0.717, 1.165) is 5.56 Å². The second-order valence-electron chi connectivity index (χ2n) is 6.13. The van der Waals surface area contributed by atoms with E-state index in [1.54, 1.807) is 41.0 Å². The molecule has 6 nitrogen and oxygen atoms in total. The average molecular weight is 355 g/mol. The van der Waals surface area contributed by atoms with Crippen LogP contribution in [0.5, 0.6) is 0 Å². The average Bonchev–Trinajstić information content (AvgIpc) is 3.35. The van der Waals surface area contributed by atoms with Gasteiger partial charge in [0, 0.05) is 12.5 Å². The van der Waals surface area contributed by atoms with Crippen LogP contribution in [0.25, 0.3) is 0 Å². The fourth-order valence-corrected chi connectivity index (χ4v) is 2.64. The molecule has 9 heteroatoms. The molecule has 0 aromatic heterocycles. The molecule has 0 bridgehead atoms. The highest BCUT2D eigenvalue weighted by Gasteiger charge is 2.69. The summed E-state index contributed by atoms with van der Waals surface area (Å²) < 4.78 is 40.6. The third-order valence-electron chi connectivity index (χ3n) is 4.26. The van der Waals surface area contributed by atoms with Crippen molar-refractivity contribution >= 4 is 17.8 Å². The van der Waals surface area contributed by atoms with E-state index in [9.17, 15) is 27.6 Å². The van der Waals surface area contributed by atoms with Gasteiger partial charge in [-0.05, 0) is 24.8 Å². The normalized spacial score (nSPS) is 23.6. The van der Waals surface area contributed by atoms with E-state index in [4.69, 9.17) is 0 Å². The number of imide groups is 1. The molecular weight excluding hydrogens is 339 g/mol. The Balaban J connectivity index is 1.79. The second-order valence-corrected chi connectivity index (χ2v) is 6.13. The summed E-state index contributed by atoms with van der Waals surface area (Å²) >= 11 is 0. The first-order valence-corrected chi connectivity index (χ1v) is 7.81. The van der Waals surface area contributed by atoms with Crippen LogP contribution in [0.4, 0.5) is 18.0 Å². The fourth-order valence-electron chi connectivity index (χ4n) is 2.64. The van der Waals surface area contributed by atoms with Gasteiger partial charge in [0.25, 0.3) is 11.6 Å². The van der Waals surface area contributed by atoms with Gasteiger partial charge in [-0.15, -0.1) is 0 Å². The first-order chi connectivity index (χ1) is 11.7. The van der Waals surface area contributed by atoms with Crippen LogP contribution in [0.2, 0.25) is 0 Å². The summed E-state index contributed by atoms with van der Waals surface area (Å²) in [4.78, 5) is 36.7. The Morgan fingerprint density at radius 1 is 1.24 bits per heavy atom. The van der Waals surface area contributed by atoms with E-state index in [-0.39, 0.29) is 13.0 Å². The summed E-state index contributed by atoms with van der Waals surface area (Å²) in [5, 5.41) is 3.35. The molecule has 2 fully saturated rings. The number of alkyl halides is 3. The fraction of sp³-hybridized carbons (Fsp3) is 0.438. The van der Waals surface area contributed by atoms with Gasteiger partial charge in [0.15, 0.2) is 0 Å². The summed E-state index contributed by atoms with van der Waals surface area (Å²) in [7, 11) is 0. The molecule has 134 valence electrons. The van der Waals surface area contributed by atoms with Crippen molar-refractivity contribution in [2.75, 3.05) is 6.54 Å². The number of carbonyl (C=O) groups excluding carboxylic acids is 3. The minimum atomic E-state index is -5.15. The molecule has 1 aromatic carbocycles. The molecule has 1 saturated heterocycles. The lowest BCUT2D eigenvalue weighted by atomic mass is 10.1. The van der Waals surface area contributed by atoms with Gasteiger partial charge in [-0.25, -0.2) is 4.79 Å². The first kappa shape index (κ1) is 17.2. The predicted octanol–water partition coefficient (Wildman–Crippen LogP) is 1.57. The Morgan fingerprint density at radius 2 is 1.88 bits per heavy atom. The lowest BCUT2D eigenvalue weighted by Gasteiger charge is -2.29. The van der Waals surface area contributed by atoms with Gasteiger partial charge < -0.3 is 5.32 Å². The van der Waals surface area contributed by atoms with Gasteiger partial charge in [0.1, 0.15) is 0 Å². The number of nitrogens with one attached hydrogen (secondary N) is 2. The Kier molecular flexibility index (Phi) is 4.18. The van der Waals surface area contributed by atoms with Crippen molar-refractivity contribution in [3.63, 3.8) is 0 Å². The van der Waals surface area contributed by atoms with Crippen LogP contribution in [-0.4, -0.2) is 41.1 Å². The monoisotopic (exact) mass is 355 g/mol. The molecule has 1 aromatic rings. The zero-order chi connectivity index (χ0) is 18.2. The molecule has 25 heavy (non-hydrogen) atoms. The van der Waals surface area contributed by atoms with Crippen molar-refractivity contribution in [2.45, 2.75) is 31.1 Å². The highest BCUT2D eigenvalue weighted by atomic mass is 19.4. The van der Waals surface area contributed by atoms with Crippen molar-refractivity contribution in [2.24, 2.45) is 5.92 Å². The van der Waals surface area contributed by atoms with Crippen molar-refractivity contribution < 1.29 is 27.6 Å². The summed E-state index contributed by atoms with van der Waals surface area (Å²) in [6, 6.07) is 7.58. The maximum absolute atomic E-state index is 13.5. The minimum absolute atomic E-state index is 0.213. The third kappa shape index (κ3) is 3.18. The van der Waals surface area contributed by atoms with Crippen LogP contribution >= 0.6 is 0 Å². The minimum Gasteiger partial charge on any atom is -0.318 e. The summed E-state index contributed by atoms with van der Waals surface area (Å²) in [5.41, 5.74) is -2.62. The van der Waals surface area contributed by atoms with Gasteiger partial charge in [-0.2, -0.15) is 13.2 Å². The second kappa shape index (κ2) is 6.05. The first-order valence-electron chi connectivity index (χ1n) is 7.81. The van der Waals surface area contributed by atoms with Crippen molar-refractivity contribution in [1.29, 1.82) is 0 Å². The molecule has 1 aliphatic heterocycles. The maximum atomic E-state index is 13.5. The van der Waals surface area contributed by atoms with E-state index in [1.165, 1.54) is 0 Å². The van der Waals surface area contributed by atoms with Gasteiger partial charge in [-0.3, -0.25) is 19.8 Å².